The van der Waals surface area contributed by atoms with Crippen molar-refractivity contribution in [3.05, 3.63) is 41.3 Å². The lowest BCUT2D eigenvalue weighted by Gasteiger charge is -2.00. The summed E-state index contributed by atoms with van der Waals surface area (Å²) in [5.41, 5.74) is 1.80. The van der Waals surface area contributed by atoms with Crippen molar-refractivity contribution in [3.63, 3.8) is 0 Å². The highest BCUT2D eigenvalue weighted by Gasteiger charge is 2.00. The van der Waals surface area contributed by atoms with E-state index in [2.05, 4.69) is 15.3 Å². The number of nitrogens with one attached hydrogen (secondary N) is 1. The number of nitrogens with zero attached hydrogens (tertiary/aromatic N) is 2. The molecule has 0 saturated heterocycles. The van der Waals surface area contributed by atoms with E-state index < -0.39 is 0 Å². The maximum atomic E-state index is 10.7. The summed E-state index contributed by atoms with van der Waals surface area (Å²) in [5.74, 6) is -0.0467. The van der Waals surface area contributed by atoms with Gasteiger partial charge in [-0.3, -0.25) is 4.79 Å². The third-order valence-electron chi connectivity index (χ3n) is 2.39. The average molecular weight is 262 g/mol. The zero-order valence-electron chi connectivity index (χ0n) is 9.85. The molecule has 0 saturated carbocycles. The molecule has 0 fully saturated rings. The van der Waals surface area contributed by atoms with E-state index in [0.29, 0.717) is 11.7 Å². The van der Waals surface area contributed by atoms with Gasteiger partial charge in [0.1, 0.15) is 11.5 Å². The molecule has 0 aliphatic rings. The van der Waals surface area contributed by atoms with E-state index in [1.54, 1.807) is 0 Å². The predicted molar refractivity (Wildman–Crippen MR) is 72.3 cm³/mol. The third kappa shape index (κ3) is 3.05. The summed E-state index contributed by atoms with van der Waals surface area (Å²) < 4.78 is 0. The summed E-state index contributed by atoms with van der Waals surface area (Å²) in [4.78, 5) is 18.8. The molecule has 92 valence electrons. The zero-order chi connectivity index (χ0) is 13.0. The van der Waals surface area contributed by atoms with E-state index in [1.807, 2.05) is 30.4 Å². The van der Waals surface area contributed by atoms with Crippen LogP contribution in [0.25, 0.3) is 17.0 Å². The lowest BCUT2D eigenvalue weighted by molar-refractivity contribution is -0.118. The van der Waals surface area contributed by atoms with Gasteiger partial charge in [0.2, 0.25) is 5.91 Å². The van der Waals surface area contributed by atoms with Gasteiger partial charge < -0.3 is 5.32 Å². The van der Waals surface area contributed by atoms with Crippen LogP contribution in [0, 0.1) is 0 Å². The number of hydrogen-bond donors (Lipinski definition) is 1. The SMILES string of the molecule is CC(=O)NCC=Cc1ccc2ncnc(Cl)c2c1. The molecule has 0 unspecified atom stereocenters. The number of hydrogen-bond acceptors (Lipinski definition) is 3. The predicted octanol–water partition coefficient (Wildman–Crippen LogP) is 2.43. The van der Waals surface area contributed by atoms with E-state index in [-0.39, 0.29) is 5.91 Å². The molecule has 18 heavy (non-hydrogen) atoms. The molecule has 5 heteroatoms. The van der Waals surface area contributed by atoms with Crippen molar-refractivity contribution in [1.29, 1.82) is 0 Å². The molecule has 2 aromatic rings. The second-order valence-electron chi connectivity index (χ2n) is 3.78. The molecule has 0 aliphatic carbocycles. The number of halogens is 1. The molecule has 4 nitrogen and oxygen atoms in total. The normalized spacial score (nSPS) is 11.0. The van der Waals surface area contributed by atoms with Crippen LogP contribution in [0.15, 0.2) is 30.6 Å². The van der Waals surface area contributed by atoms with Crippen LogP contribution in [0.5, 0.6) is 0 Å². The number of amides is 1. The molecule has 0 bridgehead atoms. The fraction of sp³-hybridized carbons (Fsp3) is 0.154. The van der Waals surface area contributed by atoms with Crippen molar-refractivity contribution in [2.24, 2.45) is 0 Å². The van der Waals surface area contributed by atoms with Crippen molar-refractivity contribution in [3.8, 4) is 0 Å². The summed E-state index contributed by atoms with van der Waals surface area (Å²) in [6, 6.07) is 5.75. The topological polar surface area (TPSA) is 54.9 Å². The Morgan fingerprint density at radius 2 is 2.28 bits per heavy atom. The van der Waals surface area contributed by atoms with Gasteiger partial charge in [0.05, 0.1) is 5.52 Å². The van der Waals surface area contributed by atoms with Gasteiger partial charge in [0, 0.05) is 18.9 Å². The standard InChI is InChI=1S/C13H12ClN3O/c1-9(18)15-6-2-3-10-4-5-12-11(7-10)13(14)17-8-16-12/h2-5,7-8H,6H2,1H3,(H,15,18). The largest absolute Gasteiger partial charge is 0.353 e. The van der Waals surface area contributed by atoms with E-state index in [1.165, 1.54) is 13.3 Å². The van der Waals surface area contributed by atoms with Crippen LogP contribution in [0.4, 0.5) is 0 Å². The van der Waals surface area contributed by atoms with Crippen molar-refractivity contribution in [2.45, 2.75) is 6.92 Å². The van der Waals surface area contributed by atoms with Crippen molar-refractivity contribution in [1.82, 2.24) is 15.3 Å². The molecule has 1 heterocycles. The number of carbonyl (C=O) groups excluding carboxylic acids is 1. The fourth-order valence-electron chi connectivity index (χ4n) is 1.54. The minimum Gasteiger partial charge on any atom is -0.353 e. The van der Waals surface area contributed by atoms with Gasteiger partial charge >= 0.3 is 0 Å². The molecule has 1 aromatic heterocycles. The van der Waals surface area contributed by atoms with E-state index in [0.717, 1.165) is 16.5 Å². The van der Waals surface area contributed by atoms with Gasteiger partial charge in [0.15, 0.2) is 0 Å². The molecule has 1 N–H and O–H groups in total. The molecular weight excluding hydrogens is 250 g/mol. The van der Waals surface area contributed by atoms with Gasteiger partial charge in [-0.25, -0.2) is 9.97 Å². The Morgan fingerprint density at radius 1 is 1.44 bits per heavy atom. The second kappa shape index (κ2) is 5.60. The average Bonchev–Trinajstić information content (AvgIpc) is 2.35. The van der Waals surface area contributed by atoms with Gasteiger partial charge in [-0.15, -0.1) is 0 Å². The van der Waals surface area contributed by atoms with Crippen LogP contribution < -0.4 is 5.32 Å². The molecule has 0 radical (unpaired) electrons. The lowest BCUT2D eigenvalue weighted by Crippen LogP contribution is -2.19. The Kier molecular flexibility index (Phi) is 3.89. The maximum Gasteiger partial charge on any atom is 0.217 e. The number of carbonyl (C=O) groups is 1. The Balaban J connectivity index is 2.19. The van der Waals surface area contributed by atoms with E-state index in [4.69, 9.17) is 11.6 Å². The smallest absolute Gasteiger partial charge is 0.217 e. The van der Waals surface area contributed by atoms with Crippen LogP contribution >= 0.6 is 11.6 Å². The molecular formula is C13H12ClN3O. The maximum absolute atomic E-state index is 10.7. The quantitative estimate of drug-likeness (QED) is 0.864. The summed E-state index contributed by atoms with van der Waals surface area (Å²) in [6.45, 7) is 1.99. The van der Waals surface area contributed by atoms with Gasteiger partial charge in [0.25, 0.3) is 0 Å². The number of rotatable bonds is 3. The second-order valence-corrected chi connectivity index (χ2v) is 4.14. The van der Waals surface area contributed by atoms with Crippen LogP contribution in [-0.4, -0.2) is 22.4 Å². The third-order valence-corrected chi connectivity index (χ3v) is 2.69. The fourth-order valence-corrected chi connectivity index (χ4v) is 1.74. The first-order chi connectivity index (χ1) is 8.66. The van der Waals surface area contributed by atoms with E-state index >= 15 is 0 Å². The highest BCUT2D eigenvalue weighted by Crippen LogP contribution is 2.20. The number of aromatic nitrogens is 2. The monoisotopic (exact) mass is 261 g/mol. The van der Waals surface area contributed by atoms with Crippen molar-refractivity contribution in [2.75, 3.05) is 6.54 Å². The number of benzene rings is 1. The summed E-state index contributed by atoms with van der Waals surface area (Å²) >= 11 is 6.00. The Hall–Kier alpha value is -1.94. The van der Waals surface area contributed by atoms with Crippen molar-refractivity contribution >= 4 is 34.5 Å². The summed E-state index contributed by atoms with van der Waals surface area (Å²) in [5, 5.41) is 3.95. The van der Waals surface area contributed by atoms with Crippen LogP contribution in [0.2, 0.25) is 5.15 Å². The minimum absolute atomic E-state index is 0.0467. The summed E-state index contributed by atoms with van der Waals surface area (Å²) in [6.07, 6.45) is 5.23. The first-order valence-electron chi connectivity index (χ1n) is 5.48. The Labute approximate surface area is 110 Å². The molecule has 1 aromatic carbocycles. The van der Waals surface area contributed by atoms with E-state index in [9.17, 15) is 4.79 Å². The molecule has 0 aliphatic heterocycles. The van der Waals surface area contributed by atoms with Crippen molar-refractivity contribution < 1.29 is 4.79 Å². The molecule has 1 amide bonds. The first kappa shape index (κ1) is 12.5. The summed E-state index contributed by atoms with van der Waals surface area (Å²) in [7, 11) is 0. The highest BCUT2D eigenvalue weighted by molar-refractivity contribution is 6.34. The van der Waals surface area contributed by atoms with Gasteiger partial charge in [-0.05, 0) is 17.7 Å². The lowest BCUT2D eigenvalue weighted by atomic mass is 10.1. The van der Waals surface area contributed by atoms with Gasteiger partial charge in [-0.2, -0.15) is 0 Å². The van der Waals surface area contributed by atoms with Crippen LogP contribution in [0.1, 0.15) is 12.5 Å². The van der Waals surface area contributed by atoms with Gasteiger partial charge in [-0.1, -0.05) is 29.8 Å². The zero-order valence-corrected chi connectivity index (χ0v) is 10.6. The van der Waals surface area contributed by atoms with Crippen LogP contribution in [0.3, 0.4) is 0 Å². The highest BCUT2D eigenvalue weighted by atomic mass is 35.5. The Morgan fingerprint density at radius 3 is 3.06 bits per heavy atom. The number of fused-ring (bicyclic) bond motifs is 1. The molecule has 0 spiro atoms. The molecule has 2 rings (SSSR count). The molecule has 0 atom stereocenters. The first-order valence-corrected chi connectivity index (χ1v) is 5.86. The Bertz CT molecular complexity index is 610. The minimum atomic E-state index is -0.0467. The van der Waals surface area contributed by atoms with Crippen LogP contribution in [-0.2, 0) is 4.79 Å².